The molecule has 0 radical (unpaired) electrons. The first-order chi connectivity index (χ1) is 16.3. The summed E-state index contributed by atoms with van der Waals surface area (Å²) in [7, 11) is 0. The fourth-order valence-electron chi connectivity index (χ4n) is 4.16. The average Bonchev–Trinajstić information content (AvgIpc) is 3.42. The molecule has 1 aliphatic rings. The first kappa shape index (κ1) is 20.8. The Morgan fingerprint density at radius 2 is 1.94 bits per heavy atom. The number of benzene rings is 2. The molecule has 2 atom stereocenters. The van der Waals surface area contributed by atoms with Gasteiger partial charge in [-0.15, -0.1) is 0 Å². The number of hydrogen-bond acceptors (Lipinski definition) is 5. The number of aromatic nitrogens is 2. The van der Waals surface area contributed by atoms with Crippen molar-refractivity contribution in [2.45, 2.75) is 18.6 Å². The van der Waals surface area contributed by atoms with Gasteiger partial charge < -0.3 is 20.4 Å². The van der Waals surface area contributed by atoms with E-state index in [2.05, 4.69) is 57.0 Å². The van der Waals surface area contributed by atoms with Crippen molar-refractivity contribution in [3.8, 4) is 23.1 Å². The van der Waals surface area contributed by atoms with Gasteiger partial charge in [0.2, 0.25) is 5.88 Å². The van der Waals surface area contributed by atoms with Crippen LogP contribution >= 0.6 is 0 Å². The maximum Gasteiger partial charge on any atom is 0.237 e. The summed E-state index contributed by atoms with van der Waals surface area (Å²) in [5, 5.41) is 16.2. The van der Waals surface area contributed by atoms with Gasteiger partial charge in [0, 0.05) is 29.7 Å². The molecule has 164 valence electrons. The van der Waals surface area contributed by atoms with E-state index in [0.717, 1.165) is 29.8 Å². The van der Waals surface area contributed by atoms with Gasteiger partial charge in [0.05, 0.1) is 29.9 Å². The third kappa shape index (κ3) is 4.74. The molecular weight excluding hydrogens is 410 g/mol. The van der Waals surface area contributed by atoms with E-state index in [1.54, 1.807) is 0 Å². The van der Waals surface area contributed by atoms with Crippen molar-refractivity contribution in [3.05, 3.63) is 102 Å². The molecular formula is C27H25N5O. The van der Waals surface area contributed by atoms with E-state index < -0.39 is 0 Å². The maximum absolute atomic E-state index is 8.99. The van der Waals surface area contributed by atoms with Crippen molar-refractivity contribution in [3.63, 3.8) is 0 Å². The van der Waals surface area contributed by atoms with Gasteiger partial charge in [-0.2, -0.15) is 5.26 Å². The van der Waals surface area contributed by atoms with E-state index in [1.165, 1.54) is 11.1 Å². The fraction of sp³-hybridized carbons (Fsp3) is 0.185. The molecule has 0 spiro atoms. The molecule has 33 heavy (non-hydrogen) atoms. The number of H-pyrrole nitrogens is 1. The number of nitrogens with one attached hydrogen (secondary N) is 3. The second-order valence-electron chi connectivity index (χ2n) is 8.11. The summed E-state index contributed by atoms with van der Waals surface area (Å²) in [4.78, 5) is 7.68. The Kier molecular flexibility index (Phi) is 6.05. The maximum atomic E-state index is 8.99. The second-order valence-corrected chi connectivity index (χ2v) is 8.11. The van der Waals surface area contributed by atoms with Crippen LogP contribution in [0.15, 0.2) is 85.3 Å². The Hall–Kier alpha value is -4.08. The summed E-state index contributed by atoms with van der Waals surface area (Å²) in [6, 6.07) is 24.4. The van der Waals surface area contributed by atoms with Crippen molar-refractivity contribution in [1.82, 2.24) is 15.3 Å². The van der Waals surface area contributed by atoms with Gasteiger partial charge in [-0.3, -0.25) is 0 Å². The SMILES string of the molecule is N#Cc1ccc(CCN[C@H](c2ccccc2)[C@@H]2CNc3cc(-c4cc[nH]c4)cnc3O2)cc1. The van der Waals surface area contributed by atoms with Crippen LogP contribution in [0.3, 0.4) is 0 Å². The number of fused-ring (bicyclic) bond motifs is 1. The molecule has 2 aromatic heterocycles. The topological polar surface area (TPSA) is 85.8 Å². The molecule has 0 bridgehead atoms. The highest BCUT2D eigenvalue weighted by atomic mass is 16.5. The van der Waals surface area contributed by atoms with Gasteiger partial charge in [-0.05, 0) is 48.4 Å². The number of rotatable bonds is 7. The molecule has 0 aliphatic carbocycles. The summed E-state index contributed by atoms with van der Waals surface area (Å²) in [5.41, 5.74) is 6.11. The van der Waals surface area contributed by atoms with Crippen LogP contribution in [0.25, 0.3) is 11.1 Å². The highest BCUT2D eigenvalue weighted by Gasteiger charge is 2.29. The van der Waals surface area contributed by atoms with Crippen LogP contribution in [0.2, 0.25) is 0 Å². The van der Waals surface area contributed by atoms with E-state index in [9.17, 15) is 0 Å². The molecule has 4 aromatic rings. The zero-order chi connectivity index (χ0) is 22.5. The molecule has 0 fully saturated rings. The molecule has 6 nitrogen and oxygen atoms in total. The normalized spacial score (nSPS) is 15.5. The Morgan fingerprint density at radius 1 is 1.09 bits per heavy atom. The van der Waals surface area contributed by atoms with Crippen molar-refractivity contribution in [2.24, 2.45) is 0 Å². The van der Waals surface area contributed by atoms with Crippen LogP contribution in [0.5, 0.6) is 5.88 Å². The lowest BCUT2D eigenvalue weighted by Crippen LogP contribution is -2.43. The van der Waals surface area contributed by atoms with Gasteiger partial charge in [0.25, 0.3) is 0 Å². The van der Waals surface area contributed by atoms with Crippen LogP contribution in [0.1, 0.15) is 22.7 Å². The third-order valence-corrected chi connectivity index (χ3v) is 5.93. The van der Waals surface area contributed by atoms with Gasteiger partial charge in [-0.1, -0.05) is 42.5 Å². The van der Waals surface area contributed by atoms with Crippen LogP contribution < -0.4 is 15.4 Å². The van der Waals surface area contributed by atoms with Crippen LogP contribution in [0, 0.1) is 11.3 Å². The molecule has 5 rings (SSSR count). The molecule has 0 saturated heterocycles. The zero-order valence-corrected chi connectivity index (χ0v) is 18.2. The Bertz CT molecular complexity index is 1230. The first-order valence-corrected chi connectivity index (χ1v) is 11.1. The number of ether oxygens (including phenoxy) is 1. The molecule has 0 unspecified atom stereocenters. The number of anilines is 1. The third-order valence-electron chi connectivity index (χ3n) is 5.93. The quantitative estimate of drug-likeness (QED) is 0.392. The highest BCUT2D eigenvalue weighted by molar-refractivity contribution is 5.69. The summed E-state index contributed by atoms with van der Waals surface area (Å²) in [6.07, 6.45) is 6.47. The van der Waals surface area contributed by atoms with Gasteiger partial charge in [0.1, 0.15) is 6.10 Å². The van der Waals surface area contributed by atoms with E-state index in [-0.39, 0.29) is 12.1 Å². The van der Waals surface area contributed by atoms with Crippen LogP contribution in [0.4, 0.5) is 5.69 Å². The number of nitriles is 1. The summed E-state index contributed by atoms with van der Waals surface area (Å²) in [6.45, 7) is 1.47. The van der Waals surface area contributed by atoms with Gasteiger partial charge >= 0.3 is 0 Å². The van der Waals surface area contributed by atoms with Crippen molar-refractivity contribution < 1.29 is 4.74 Å². The Morgan fingerprint density at radius 3 is 2.70 bits per heavy atom. The number of nitrogens with zero attached hydrogens (tertiary/aromatic N) is 2. The van der Waals surface area contributed by atoms with Crippen LogP contribution in [-0.2, 0) is 6.42 Å². The fourth-order valence-corrected chi connectivity index (χ4v) is 4.16. The lowest BCUT2D eigenvalue weighted by Gasteiger charge is -2.33. The Balaban J connectivity index is 1.30. The second kappa shape index (κ2) is 9.60. The minimum atomic E-state index is -0.105. The minimum Gasteiger partial charge on any atom is -0.469 e. The summed E-state index contributed by atoms with van der Waals surface area (Å²) < 4.78 is 6.37. The van der Waals surface area contributed by atoms with E-state index in [4.69, 9.17) is 10.00 Å². The smallest absolute Gasteiger partial charge is 0.237 e. The molecule has 2 aromatic carbocycles. The Labute approximate surface area is 193 Å². The molecule has 0 amide bonds. The minimum absolute atomic E-state index is 0.0105. The zero-order valence-electron chi connectivity index (χ0n) is 18.2. The molecule has 3 heterocycles. The average molecular weight is 436 g/mol. The molecule has 3 N–H and O–H groups in total. The molecule has 0 saturated carbocycles. The summed E-state index contributed by atoms with van der Waals surface area (Å²) in [5.74, 6) is 0.625. The van der Waals surface area contributed by atoms with E-state index in [1.807, 2.05) is 55.0 Å². The number of aromatic amines is 1. The van der Waals surface area contributed by atoms with Crippen molar-refractivity contribution in [2.75, 3.05) is 18.4 Å². The van der Waals surface area contributed by atoms with Gasteiger partial charge in [0.15, 0.2) is 0 Å². The lowest BCUT2D eigenvalue weighted by molar-refractivity contribution is 0.150. The monoisotopic (exact) mass is 435 g/mol. The van der Waals surface area contributed by atoms with E-state index >= 15 is 0 Å². The van der Waals surface area contributed by atoms with Crippen molar-refractivity contribution >= 4 is 5.69 Å². The standard InChI is InChI=1S/C27H25N5O/c28-15-20-8-6-19(7-9-20)10-13-30-26(21-4-2-1-3-5-21)25-18-31-24-14-23(17-32-27(24)33-25)22-11-12-29-16-22/h1-9,11-12,14,16-17,25-26,29-31H,10,13,18H2/t25-,26+/m0/s1. The molecule has 1 aliphatic heterocycles. The summed E-state index contributed by atoms with van der Waals surface area (Å²) >= 11 is 0. The first-order valence-electron chi connectivity index (χ1n) is 11.1. The highest BCUT2D eigenvalue weighted by Crippen LogP contribution is 2.34. The predicted molar refractivity (Wildman–Crippen MR) is 129 cm³/mol. The van der Waals surface area contributed by atoms with Crippen molar-refractivity contribution in [1.29, 1.82) is 5.26 Å². The van der Waals surface area contributed by atoms with E-state index in [0.29, 0.717) is 18.0 Å². The molecule has 6 heteroatoms. The van der Waals surface area contributed by atoms with Gasteiger partial charge in [-0.25, -0.2) is 4.98 Å². The largest absolute Gasteiger partial charge is 0.469 e. The number of hydrogen-bond donors (Lipinski definition) is 3. The predicted octanol–water partition coefficient (Wildman–Crippen LogP) is 4.69. The van der Waals surface area contributed by atoms with Crippen LogP contribution in [-0.4, -0.2) is 29.2 Å². The lowest BCUT2D eigenvalue weighted by atomic mass is 9.99. The number of pyridine rings is 1.